The Morgan fingerprint density at radius 1 is 0.938 bits per heavy atom. The van der Waals surface area contributed by atoms with Crippen molar-refractivity contribution in [3.8, 4) is 0 Å². The summed E-state index contributed by atoms with van der Waals surface area (Å²) in [5.74, 6) is 0. The Balaban J connectivity index is 4.81. The van der Waals surface area contributed by atoms with Crippen LogP contribution in [-0.4, -0.2) is 29.2 Å². The fourth-order valence-electron chi connectivity index (χ4n) is 1.06. The van der Waals surface area contributed by atoms with Crippen LogP contribution in [0.25, 0.3) is 0 Å². The van der Waals surface area contributed by atoms with Crippen LogP contribution in [0.1, 0.15) is 55.4 Å². The van der Waals surface area contributed by atoms with E-state index in [2.05, 4.69) is 34.6 Å². The maximum Gasteiger partial charge on any atom is 0.410 e. The molecule has 3 nitrogen and oxygen atoms in total. The number of ether oxygens (including phenoxy) is 1. The van der Waals surface area contributed by atoms with E-state index in [0.717, 1.165) is 0 Å². The second-order valence-electron chi connectivity index (χ2n) is 6.85. The van der Waals surface area contributed by atoms with Gasteiger partial charge in [0.2, 0.25) is 0 Å². The first kappa shape index (κ1) is 15.3. The van der Waals surface area contributed by atoms with Gasteiger partial charge in [-0.05, 0) is 40.0 Å². The van der Waals surface area contributed by atoms with E-state index >= 15 is 0 Å². The second-order valence-corrected chi connectivity index (χ2v) is 6.85. The smallest absolute Gasteiger partial charge is 0.410 e. The van der Waals surface area contributed by atoms with E-state index in [1.807, 2.05) is 20.8 Å². The molecule has 1 amide bonds. The van der Waals surface area contributed by atoms with Gasteiger partial charge in [-0.1, -0.05) is 20.8 Å². The minimum Gasteiger partial charge on any atom is -0.444 e. The molecule has 0 N–H and O–H groups in total. The topological polar surface area (TPSA) is 29.5 Å². The molecule has 0 aliphatic heterocycles. The minimum absolute atomic E-state index is 0.00134. The molecule has 3 heteroatoms. The average Bonchev–Trinajstić information content (AvgIpc) is 1.97. The third-order valence-corrected chi connectivity index (χ3v) is 3.34. The Kier molecular flexibility index (Phi) is 4.07. The van der Waals surface area contributed by atoms with Crippen LogP contribution in [0.2, 0.25) is 0 Å². The first-order valence-electron chi connectivity index (χ1n) is 5.76. The zero-order valence-electron chi connectivity index (χ0n) is 12.3. The fourth-order valence-corrected chi connectivity index (χ4v) is 1.06. The molecule has 96 valence electrons. The Labute approximate surface area is 100 Å². The van der Waals surface area contributed by atoms with Gasteiger partial charge < -0.3 is 9.64 Å². The Morgan fingerprint density at radius 3 is 1.56 bits per heavy atom. The first-order chi connectivity index (χ1) is 6.79. The third-order valence-electron chi connectivity index (χ3n) is 3.34. The van der Waals surface area contributed by atoms with Gasteiger partial charge in [-0.25, -0.2) is 4.79 Å². The van der Waals surface area contributed by atoms with Crippen molar-refractivity contribution in [2.75, 3.05) is 7.05 Å². The summed E-state index contributed by atoms with van der Waals surface area (Å²) >= 11 is 0. The van der Waals surface area contributed by atoms with E-state index in [-0.39, 0.29) is 17.0 Å². The fraction of sp³-hybridized carbons (Fsp3) is 0.923. The van der Waals surface area contributed by atoms with Gasteiger partial charge in [-0.3, -0.25) is 0 Å². The second kappa shape index (κ2) is 4.27. The molecule has 0 aliphatic carbocycles. The van der Waals surface area contributed by atoms with Gasteiger partial charge in [0, 0.05) is 12.6 Å². The zero-order valence-corrected chi connectivity index (χ0v) is 12.3. The zero-order chi connectivity index (χ0) is 13.4. The molecule has 0 aromatic rings. The Hall–Kier alpha value is -0.730. The summed E-state index contributed by atoms with van der Waals surface area (Å²) in [5.41, 5.74) is -0.701. The highest BCUT2D eigenvalue weighted by Crippen LogP contribution is 2.34. The largest absolute Gasteiger partial charge is 0.444 e. The summed E-state index contributed by atoms with van der Waals surface area (Å²) in [6.07, 6.45) is -0.271. The number of rotatable bonds is 1. The summed E-state index contributed by atoms with van der Waals surface area (Å²) in [7, 11) is 1.79. The molecule has 0 saturated carbocycles. The van der Waals surface area contributed by atoms with E-state index in [4.69, 9.17) is 4.74 Å². The normalized spacial score (nSPS) is 13.6. The van der Waals surface area contributed by atoms with Crippen molar-refractivity contribution in [1.82, 2.24) is 4.90 Å². The lowest BCUT2D eigenvalue weighted by Crippen LogP contribution is -2.54. The van der Waals surface area contributed by atoms with Crippen LogP contribution in [0.4, 0.5) is 4.79 Å². The predicted molar refractivity (Wildman–Crippen MR) is 67.5 cm³/mol. The van der Waals surface area contributed by atoms with Gasteiger partial charge in [0.1, 0.15) is 5.60 Å². The lowest BCUT2D eigenvalue weighted by atomic mass is 9.75. The summed E-state index contributed by atoms with van der Waals surface area (Å²) in [6, 6.07) is 0. The molecule has 0 spiro atoms. The monoisotopic (exact) mass is 229 g/mol. The maximum atomic E-state index is 12.0. The van der Waals surface area contributed by atoms with Crippen LogP contribution in [0, 0.1) is 5.41 Å². The number of carbonyl (C=O) groups excluding carboxylic acids is 1. The van der Waals surface area contributed by atoms with Crippen LogP contribution < -0.4 is 0 Å². The highest BCUT2D eigenvalue weighted by Gasteiger charge is 2.40. The van der Waals surface area contributed by atoms with Crippen molar-refractivity contribution in [1.29, 1.82) is 0 Å². The molecule has 0 bridgehead atoms. The van der Waals surface area contributed by atoms with Crippen molar-refractivity contribution >= 4 is 6.09 Å². The highest BCUT2D eigenvalue weighted by molar-refractivity contribution is 5.68. The van der Waals surface area contributed by atoms with Crippen molar-refractivity contribution < 1.29 is 9.53 Å². The van der Waals surface area contributed by atoms with E-state index in [1.54, 1.807) is 11.9 Å². The van der Waals surface area contributed by atoms with Crippen molar-refractivity contribution in [2.45, 2.75) is 66.5 Å². The average molecular weight is 229 g/mol. The lowest BCUT2D eigenvalue weighted by Gasteiger charge is -2.45. The molecule has 0 unspecified atom stereocenters. The van der Waals surface area contributed by atoms with Gasteiger partial charge in [0.15, 0.2) is 0 Å². The van der Waals surface area contributed by atoms with E-state index < -0.39 is 5.60 Å². The van der Waals surface area contributed by atoms with E-state index in [9.17, 15) is 4.79 Å². The summed E-state index contributed by atoms with van der Waals surface area (Å²) in [6.45, 7) is 16.1. The van der Waals surface area contributed by atoms with Gasteiger partial charge in [0.05, 0.1) is 0 Å². The van der Waals surface area contributed by atoms with Crippen LogP contribution >= 0.6 is 0 Å². The van der Waals surface area contributed by atoms with E-state index in [1.165, 1.54) is 0 Å². The van der Waals surface area contributed by atoms with Gasteiger partial charge in [-0.2, -0.15) is 0 Å². The molecule has 0 saturated heterocycles. The van der Waals surface area contributed by atoms with E-state index in [0.29, 0.717) is 0 Å². The predicted octanol–water partition coefficient (Wildman–Crippen LogP) is 3.68. The third kappa shape index (κ3) is 3.69. The minimum atomic E-state index is -0.445. The molecule has 0 heterocycles. The Morgan fingerprint density at radius 2 is 1.31 bits per heavy atom. The van der Waals surface area contributed by atoms with Gasteiger partial charge >= 0.3 is 6.09 Å². The first-order valence-corrected chi connectivity index (χ1v) is 5.76. The van der Waals surface area contributed by atoms with Gasteiger partial charge in [0.25, 0.3) is 0 Å². The molecule has 0 aliphatic rings. The summed E-state index contributed by atoms with van der Waals surface area (Å²) in [5, 5.41) is 0. The number of nitrogens with zero attached hydrogens (tertiary/aromatic N) is 1. The molecule has 0 fully saturated rings. The number of amides is 1. The van der Waals surface area contributed by atoms with Crippen molar-refractivity contribution in [2.24, 2.45) is 5.41 Å². The molecule has 0 aromatic carbocycles. The lowest BCUT2D eigenvalue weighted by molar-refractivity contribution is -0.0132. The molecule has 0 rings (SSSR count). The molecule has 16 heavy (non-hydrogen) atoms. The maximum absolute atomic E-state index is 12.0. The molecular weight excluding hydrogens is 202 g/mol. The highest BCUT2D eigenvalue weighted by atomic mass is 16.6. The van der Waals surface area contributed by atoms with Gasteiger partial charge in [-0.15, -0.1) is 0 Å². The molecule has 0 atom stereocenters. The standard InChI is InChI=1S/C13H27NO2/c1-11(2,3)13(7,8)14(9)10(15)16-12(4,5)6/h1-9H3. The van der Waals surface area contributed by atoms with Crippen LogP contribution in [-0.2, 0) is 4.74 Å². The number of hydrogen-bond donors (Lipinski definition) is 0. The Bertz CT molecular complexity index is 256. The molecule has 0 radical (unpaired) electrons. The quantitative estimate of drug-likeness (QED) is 0.686. The number of carbonyl (C=O) groups is 1. The SMILES string of the molecule is CN(C(=O)OC(C)(C)C)C(C)(C)C(C)(C)C. The summed E-state index contributed by atoms with van der Waals surface area (Å²) in [4.78, 5) is 13.6. The van der Waals surface area contributed by atoms with Crippen LogP contribution in [0.15, 0.2) is 0 Å². The van der Waals surface area contributed by atoms with Crippen LogP contribution in [0.3, 0.4) is 0 Å². The molecular formula is C13H27NO2. The summed E-state index contributed by atoms with van der Waals surface area (Å²) < 4.78 is 5.37. The van der Waals surface area contributed by atoms with Crippen molar-refractivity contribution in [3.63, 3.8) is 0 Å². The van der Waals surface area contributed by atoms with Crippen LogP contribution in [0.5, 0.6) is 0 Å². The van der Waals surface area contributed by atoms with Crippen molar-refractivity contribution in [3.05, 3.63) is 0 Å². The molecule has 0 aromatic heterocycles. The number of hydrogen-bond acceptors (Lipinski definition) is 2.